The smallest absolute Gasteiger partial charge is 0.350 e. The highest BCUT2D eigenvalue weighted by Gasteiger charge is 2.64. The molecule has 5 aliphatic rings. The number of ether oxygens (including phenoxy) is 3. The molecular formula is C41H73N6O6+. The number of nitrogens with one attached hydrogen (secondary N) is 2. The molecule has 5 heterocycles. The molecule has 8 atom stereocenters. The Morgan fingerprint density at radius 3 is 2.47 bits per heavy atom. The van der Waals surface area contributed by atoms with Gasteiger partial charge in [-0.25, -0.2) is 10.6 Å². The first kappa shape index (κ1) is 41.9. The Morgan fingerprint density at radius 2 is 1.75 bits per heavy atom. The zero-order valence-electron chi connectivity index (χ0n) is 33.0. The number of aliphatic hydroxyl groups excluding tert-OH is 1. The molecule has 12 heteroatoms. The minimum atomic E-state index is -0.775. The minimum absolute atomic E-state index is 0.0484. The summed E-state index contributed by atoms with van der Waals surface area (Å²) in [6, 6.07) is 0.367. The van der Waals surface area contributed by atoms with Gasteiger partial charge in [-0.2, -0.15) is 0 Å². The van der Waals surface area contributed by atoms with Crippen LogP contribution in [0.25, 0.3) is 0 Å². The fourth-order valence-electron chi connectivity index (χ4n) is 9.57. The number of allylic oxidation sites excluding steroid dienone is 1. The van der Waals surface area contributed by atoms with Crippen LogP contribution in [-0.2, 0) is 23.8 Å². The summed E-state index contributed by atoms with van der Waals surface area (Å²) in [7, 11) is 0. The molecule has 0 bridgehead atoms. The summed E-state index contributed by atoms with van der Waals surface area (Å²) in [6.07, 6.45) is 24.0. The predicted octanol–water partition coefficient (Wildman–Crippen LogP) is 4.56. The van der Waals surface area contributed by atoms with Crippen LogP contribution in [0, 0.1) is 5.92 Å². The monoisotopic (exact) mass is 746 g/mol. The van der Waals surface area contributed by atoms with Crippen LogP contribution < -0.4 is 22.1 Å². The first-order valence-electron chi connectivity index (χ1n) is 21.5. The van der Waals surface area contributed by atoms with Gasteiger partial charge in [-0.15, -0.1) is 0 Å². The lowest BCUT2D eigenvalue weighted by Crippen LogP contribution is -2.76. The quantitative estimate of drug-likeness (QED) is 0.0487. The zero-order valence-corrected chi connectivity index (χ0v) is 33.0. The number of carbonyl (C=O) groups is 2. The molecule has 12 nitrogen and oxygen atoms in total. The highest BCUT2D eigenvalue weighted by Crippen LogP contribution is 2.45. The number of aliphatic hydroxyl groups is 1. The average Bonchev–Trinajstić information content (AvgIpc) is 3.44. The van der Waals surface area contributed by atoms with E-state index in [4.69, 9.17) is 25.7 Å². The van der Waals surface area contributed by atoms with E-state index in [1.54, 1.807) is 4.90 Å². The van der Waals surface area contributed by atoms with E-state index in [0.29, 0.717) is 51.7 Å². The Morgan fingerprint density at radius 1 is 1.00 bits per heavy atom. The average molecular weight is 746 g/mol. The van der Waals surface area contributed by atoms with Crippen LogP contribution in [0.1, 0.15) is 149 Å². The summed E-state index contributed by atoms with van der Waals surface area (Å²) >= 11 is 0. The van der Waals surface area contributed by atoms with E-state index in [9.17, 15) is 14.7 Å². The summed E-state index contributed by atoms with van der Waals surface area (Å²) in [5, 5.41) is 17.8. The molecule has 0 saturated carbocycles. The zero-order chi connectivity index (χ0) is 37.7. The van der Waals surface area contributed by atoms with Gasteiger partial charge in [0.25, 0.3) is 0 Å². The van der Waals surface area contributed by atoms with Gasteiger partial charge >= 0.3 is 11.9 Å². The second-order valence-corrected chi connectivity index (χ2v) is 16.5. The Labute approximate surface area is 319 Å². The maximum Gasteiger partial charge on any atom is 0.350 e. The number of unbranched alkanes of at least 4 members (excludes halogenated alkanes) is 8. The van der Waals surface area contributed by atoms with Crippen LogP contribution in [0.3, 0.4) is 0 Å². The summed E-state index contributed by atoms with van der Waals surface area (Å²) in [6.45, 7) is 6.63. The second-order valence-electron chi connectivity index (χ2n) is 16.5. The fourth-order valence-corrected chi connectivity index (χ4v) is 9.57. The van der Waals surface area contributed by atoms with Gasteiger partial charge in [0.15, 0.2) is 11.6 Å². The van der Waals surface area contributed by atoms with Crippen molar-refractivity contribution in [2.45, 2.75) is 191 Å². The van der Waals surface area contributed by atoms with Crippen LogP contribution in [0.4, 0.5) is 0 Å². The van der Waals surface area contributed by atoms with Crippen molar-refractivity contribution in [3.05, 3.63) is 12.2 Å². The number of carbonyl (C=O) groups excluding carboxylic acids is 2. The largest absolute Gasteiger partial charge is 0.465 e. The molecule has 0 aliphatic carbocycles. The van der Waals surface area contributed by atoms with Crippen molar-refractivity contribution in [1.82, 2.24) is 15.5 Å². The molecule has 7 N–H and O–H groups in total. The van der Waals surface area contributed by atoms with E-state index in [2.05, 4.69) is 41.2 Å². The maximum absolute atomic E-state index is 14.0. The molecule has 2 spiro atoms. The first-order valence-corrected chi connectivity index (χ1v) is 21.5. The van der Waals surface area contributed by atoms with E-state index in [-0.39, 0.29) is 36.0 Å². The van der Waals surface area contributed by atoms with Crippen molar-refractivity contribution >= 4 is 17.8 Å². The van der Waals surface area contributed by atoms with Gasteiger partial charge in [0, 0.05) is 38.8 Å². The molecule has 5 aliphatic heterocycles. The lowest BCUT2D eigenvalue weighted by molar-refractivity contribution is -0.609. The van der Waals surface area contributed by atoms with Crippen molar-refractivity contribution in [2.75, 3.05) is 32.8 Å². The molecule has 0 aromatic heterocycles. The molecule has 2 fully saturated rings. The summed E-state index contributed by atoms with van der Waals surface area (Å²) in [5.74, 6) is 0.588. The molecule has 1 amide bonds. The van der Waals surface area contributed by atoms with Crippen LogP contribution in [0.2, 0.25) is 0 Å². The van der Waals surface area contributed by atoms with E-state index >= 15 is 0 Å². The molecule has 0 aromatic rings. The third-order valence-corrected chi connectivity index (χ3v) is 12.3. The predicted molar refractivity (Wildman–Crippen MR) is 207 cm³/mol. The fraction of sp³-hybridized carbons (Fsp3) is 0.878. The van der Waals surface area contributed by atoms with Gasteiger partial charge in [0.05, 0.1) is 37.0 Å². The number of guanidine groups is 1. The number of amides is 1. The number of hydrogen-bond acceptors (Lipinski definition) is 10. The van der Waals surface area contributed by atoms with Crippen molar-refractivity contribution < 1.29 is 33.5 Å². The Balaban J connectivity index is 1.02. The molecule has 53 heavy (non-hydrogen) atoms. The molecule has 5 rings (SSSR count). The van der Waals surface area contributed by atoms with Crippen molar-refractivity contribution in [1.29, 1.82) is 0 Å². The molecule has 302 valence electrons. The van der Waals surface area contributed by atoms with Gasteiger partial charge in [-0.1, -0.05) is 64.0 Å². The van der Waals surface area contributed by atoms with E-state index < -0.39 is 17.6 Å². The number of rotatable bonds is 21. The molecule has 0 unspecified atom stereocenters. The Kier molecular flexibility index (Phi) is 16.3. The Bertz CT molecular complexity index is 1230. The van der Waals surface area contributed by atoms with Gasteiger partial charge in [-0.05, 0) is 84.2 Å². The maximum atomic E-state index is 14.0. The summed E-state index contributed by atoms with van der Waals surface area (Å²) < 4.78 is 22.1. The SMILES string of the molecule is CC[C@H]1C=CCC[C@@]2(C[C@@H]3CC[C@@H]4[C@H](C(=O)OCCCCCCCCCCCC(=O)N(CCCN)C[C@@H](O)CCN)[C@]5(CCC[C@@H](C)O5)NC(=[N+]34)N2)O1. The third-order valence-electron chi connectivity index (χ3n) is 12.3. The molecular weight excluding hydrogens is 672 g/mol. The van der Waals surface area contributed by atoms with E-state index in [1.807, 2.05) is 0 Å². The highest BCUT2D eigenvalue weighted by atomic mass is 16.6. The number of nitrogens with zero attached hydrogens (tertiary/aromatic N) is 2. The topological polar surface area (TPSA) is 164 Å². The van der Waals surface area contributed by atoms with Crippen LogP contribution >= 0.6 is 0 Å². The van der Waals surface area contributed by atoms with Crippen molar-refractivity contribution in [3.8, 4) is 0 Å². The minimum Gasteiger partial charge on any atom is -0.465 e. The molecule has 2 saturated heterocycles. The van der Waals surface area contributed by atoms with Gasteiger partial charge in [-0.3, -0.25) is 14.2 Å². The lowest BCUT2D eigenvalue weighted by atomic mass is 9.80. The highest BCUT2D eigenvalue weighted by molar-refractivity contribution is 5.82. The lowest BCUT2D eigenvalue weighted by Gasteiger charge is -2.50. The van der Waals surface area contributed by atoms with Gasteiger partial charge < -0.3 is 35.7 Å². The van der Waals surface area contributed by atoms with Crippen LogP contribution in [-0.4, -0.2) is 107 Å². The van der Waals surface area contributed by atoms with Crippen LogP contribution in [0.5, 0.6) is 0 Å². The first-order chi connectivity index (χ1) is 25.7. The second kappa shape index (κ2) is 20.6. The molecule has 0 aromatic carbocycles. The number of nitrogens with two attached hydrogens (primary N) is 2. The van der Waals surface area contributed by atoms with Crippen LogP contribution in [0.15, 0.2) is 12.2 Å². The van der Waals surface area contributed by atoms with E-state index in [0.717, 1.165) is 109 Å². The van der Waals surface area contributed by atoms with Gasteiger partial charge in [0.1, 0.15) is 0 Å². The number of hydrogen-bond donors (Lipinski definition) is 5. The van der Waals surface area contributed by atoms with Crippen molar-refractivity contribution in [2.24, 2.45) is 17.4 Å². The number of esters is 1. The summed E-state index contributed by atoms with van der Waals surface area (Å²) in [4.78, 5) is 28.5. The third kappa shape index (κ3) is 11.2. The summed E-state index contributed by atoms with van der Waals surface area (Å²) in [5.41, 5.74) is 10.0. The van der Waals surface area contributed by atoms with Crippen molar-refractivity contribution in [3.63, 3.8) is 0 Å². The normalized spacial score (nSPS) is 31.2. The molecule has 0 radical (unpaired) electrons. The van der Waals surface area contributed by atoms with E-state index in [1.165, 1.54) is 19.3 Å². The standard InChI is InChI=1S/C41H72N6O6/c1-3-34-18-12-13-23-40(53-34)29-32-20-21-35-37(41(24-15-17-31(2)52-41)45-39(44-40)47(32)35)38(50)51-28-14-10-8-6-4-5-7-9-11-19-36(49)46(27-16-25-42)30-33(48)22-26-43/h12,18,31-35,37,48H,3-11,13-17,19-30,42-43H2,1-2H3,(H,44,45)/p+1/t31-,32+,33+,34+,35-,37-,40+,41-/m1/s1. The Hall–Kier alpha value is -2.25. The van der Waals surface area contributed by atoms with Gasteiger partial charge in [0.2, 0.25) is 11.6 Å².